The predicted octanol–water partition coefficient (Wildman–Crippen LogP) is 2.66. The molecule has 0 aliphatic heterocycles. The molecule has 2 heteroatoms. The Morgan fingerprint density at radius 1 is 1.08 bits per heavy atom. The third-order valence-electron chi connectivity index (χ3n) is 2.00. The third-order valence-corrected chi connectivity index (χ3v) is 4.78. The molecule has 0 saturated carbocycles. The first-order valence-corrected chi connectivity index (χ1v) is 7.66. The second kappa shape index (κ2) is 4.21. The second-order valence-corrected chi connectivity index (χ2v) is 7.88. The van der Waals surface area contributed by atoms with Crippen LogP contribution in [0.4, 0.5) is 0 Å². The molecule has 0 spiro atoms. The van der Waals surface area contributed by atoms with Crippen LogP contribution in [-0.2, 0) is 4.52 Å². The van der Waals surface area contributed by atoms with Gasteiger partial charge in [-0.2, -0.15) is 0 Å². The molecule has 0 saturated heterocycles. The Kier molecular flexibility index (Phi) is 3.47. The SMILES string of the molecule is CC(C)O[PH](C)(C)c1ccccc1. The van der Waals surface area contributed by atoms with Gasteiger partial charge in [-0.1, -0.05) is 0 Å². The van der Waals surface area contributed by atoms with Gasteiger partial charge >= 0.3 is 80.9 Å². The molecular weight excluding hydrogens is 179 g/mol. The van der Waals surface area contributed by atoms with Crippen molar-refractivity contribution in [2.75, 3.05) is 13.3 Å². The van der Waals surface area contributed by atoms with Crippen LogP contribution >= 0.6 is 7.49 Å². The monoisotopic (exact) mass is 198 g/mol. The molecule has 1 rings (SSSR count). The Morgan fingerprint density at radius 3 is 2.08 bits per heavy atom. The Bertz CT molecular complexity index is 254. The van der Waals surface area contributed by atoms with Crippen molar-refractivity contribution in [2.24, 2.45) is 0 Å². The van der Waals surface area contributed by atoms with E-state index < -0.39 is 7.49 Å². The maximum atomic E-state index is 5.96. The molecule has 13 heavy (non-hydrogen) atoms. The zero-order valence-corrected chi connectivity index (χ0v) is 9.87. The van der Waals surface area contributed by atoms with Gasteiger partial charge in [0.05, 0.1) is 0 Å². The van der Waals surface area contributed by atoms with Crippen LogP contribution < -0.4 is 5.30 Å². The van der Waals surface area contributed by atoms with Crippen molar-refractivity contribution in [1.82, 2.24) is 0 Å². The summed E-state index contributed by atoms with van der Waals surface area (Å²) in [5, 5.41) is 1.36. The summed E-state index contributed by atoms with van der Waals surface area (Å²) in [6, 6.07) is 10.5. The summed E-state index contributed by atoms with van der Waals surface area (Å²) in [6.07, 6.45) is 0.321. The van der Waals surface area contributed by atoms with E-state index in [2.05, 4.69) is 51.4 Å². The second-order valence-electron chi connectivity index (χ2n) is 4.04. The molecule has 0 fully saturated rings. The molecule has 0 aliphatic rings. The van der Waals surface area contributed by atoms with E-state index in [4.69, 9.17) is 4.52 Å². The van der Waals surface area contributed by atoms with Gasteiger partial charge in [0.2, 0.25) is 0 Å². The molecule has 0 heterocycles. The Morgan fingerprint density at radius 2 is 1.62 bits per heavy atom. The number of benzene rings is 1. The number of rotatable bonds is 3. The van der Waals surface area contributed by atoms with Crippen molar-refractivity contribution in [3.8, 4) is 0 Å². The van der Waals surface area contributed by atoms with E-state index in [1.165, 1.54) is 5.30 Å². The van der Waals surface area contributed by atoms with Gasteiger partial charge in [0.15, 0.2) is 0 Å². The molecule has 74 valence electrons. The summed E-state index contributed by atoms with van der Waals surface area (Å²) >= 11 is 0. The van der Waals surface area contributed by atoms with Gasteiger partial charge in [-0.05, 0) is 0 Å². The van der Waals surface area contributed by atoms with Gasteiger partial charge in [-0.3, -0.25) is 0 Å². The van der Waals surface area contributed by atoms with Crippen LogP contribution in [0.3, 0.4) is 0 Å². The average Bonchev–Trinajstić information content (AvgIpc) is 2.04. The van der Waals surface area contributed by atoms with Gasteiger partial charge in [-0.15, -0.1) is 0 Å². The summed E-state index contributed by atoms with van der Waals surface area (Å²) < 4.78 is 5.96. The Balaban J connectivity index is 2.81. The topological polar surface area (TPSA) is 9.23 Å². The van der Waals surface area contributed by atoms with Crippen LogP contribution in [0.1, 0.15) is 13.8 Å². The van der Waals surface area contributed by atoms with Gasteiger partial charge < -0.3 is 0 Å². The quantitative estimate of drug-likeness (QED) is 0.678. The first-order chi connectivity index (χ1) is 6.02. The third kappa shape index (κ3) is 3.10. The Hall–Kier alpha value is -0.390. The molecule has 0 amide bonds. The van der Waals surface area contributed by atoms with Crippen LogP contribution in [0.5, 0.6) is 0 Å². The molecule has 0 aliphatic carbocycles. The van der Waals surface area contributed by atoms with Crippen molar-refractivity contribution in [1.29, 1.82) is 0 Å². The molecule has 0 radical (unpaired) electrons. The summed E-state index contributed by atoms with van der Waals surface area (Å²) in [7, 11) is -1.64. The van der Waals surface area contributed by atoms with Crippen LogP contribution in [-0.4, -0.2) is 19.4 Å². The predicted molar refractivity (Wildman–Crippen MR) is 62.5 cm³/mol. The molecule has 0 aromatic heterocycles. The molecule has 1 nitrogen and oxygen atoms in total. The van der Waals surface area contributed by atoms with Crippen LogP contribution in [0, 0.1) is 0 Å². The van der Waals surface area contributed by atoms with E-state index in [9.17, 15) is 0 Å². The summed E-state index contributed by atoms with van der Waals surface area (Å²) in [5.41, 5.74) is 0. The van der Waals surface area contributed by atoms with Crippen LogP contribution in [0.15, 0.2) is 30.3 Å². The molecule has 1 aromatic carbocycles. The molecule has 0 bridgehead atoms. The number of hydrogen-bond donors (Lipinski definition) is 0. The van der Waals surface area contributed by atoms with E-state index >= 15 is 0 Å². The van der Waals surface area contributed by atoms with E-state index in [-0.39, 0.29) is 0 Å². The molecule has 0 unspecified atom stereocenters. The molecular formula is C11H19OP. The normalized spacial score (nSPS) is 13.3. The zero-order chi connectivity index (χ0) is 9.90. The van der Waals surface area contributed by atoms with Gasteiger partial charge in [0.1, 0.15) is 0 Å². The first kappa shape index (κ1) is 10.7. The van der Waals surface area contributed by atoms with E-state index in [1.54, 1.807) is 0 Å². The fourth-order valence-electron chi connectivity index (χ4n) is 1.50. The van der Waals surface area contributed by atoms with Crippen LogP contribution in [0.2, 0.25) is 0 Å². The molecule has 0 atom stereocenters. The molecule has 1 aromatic rings. The Labute approximate surface area is 81.5 Å². The number of hydrogen-bond acceptors (Lipinski definition) is 1. The zero-order valence-electron chi connectivity index (χ0n) is 8.87. The minimum atomic E-state index is -1.64. The van der Waals surface area contributed by atoms with Crippen molar-refractivity contribution >= 4 is 12.8 Å². The van der Waals surface area contributed by atoms with Crippen molar-refractivity contribution < 1.29 is 4.52 Å². The van der Waals surface area contributed by atoms with E-state index in [1.807, 2.05) is 6.07 Å². The van der Waals surface area contributed by atoms with Gasteiger partial charge in [0, 0.05) is 0 Å². The summed E-state index contributed by atoms with van der Waals surface area (Å²) in [5.74, 6) is 0. The van der Waals surface area contributed by atoms with E-state index in [0.29, 0.717) is 6.10 Å². The average molecular weight is 198 g/mol. The van der Waals surface area contributed by atoms with Crippen molar-refractivity contribution in [3.05, 3.63) is 30.3 Å². The summed E-state index contributed by atoms with van der Waals surface area (Å²) in [4.78, 5) is 0. The molecule has 0 N–H and O–H groups in total. The fourth-order valence-corrected chi connectivity index (χ4v) is 3.81. The maximum absolute atomic E-state index is 5.96. The van der Waals surface area contributed by atoms with Gasteiger partial charge in [-0.25, -0.2) is 0 Å². The van der Waals surface area contributed by atoms with E-state index in [0.717, 1.165) is 0 Å². The van der Waals surface area contributed by atoms with Crippen LogP contribution in [0.25, 0.3) is 0 Å². The van der Waals surface area contributed by atoms with Crippen molar-refractivity contribution in [2.45, 2.75) is 20.0 Å². The standard InChI is InChI=1S/C11H19OP/c1-10(2)12-13(3,4)11-8-6-5-7-9-11/h5-10,13H,1-4H3. The fraction of sp³-hybridized carbons (Fsp3) is 0.455. The van der Waals surface area contributed by atoms with Gasteiger partial charge in [0.25, 0.3) is 0 Å². The summed E-state index contributed by atoms with van der Waals surface area (Å²) in [6.45, 7) is 8.67. The minimum absolute atomic E-state index is 0.321. The van der Waals surface area contributed by atoms with Crippen molar-refractivity contribution in [3.63, 3.8) is 0 Å². The first-order valence-electron chi connectivity index (χ1n) is 4.76.